The molecule has 2 fully saturated rings. The molecule has 0 amide bonds. The first-order valence-electron chi connectivity index (χ1n) is 7.86. The number of guanidine groups is 1. The third-order valence-corrected chi connectivity index (χ3v) is 4.47. The summed E-state index contributed by atoms with van der Waals surface area (Å²) in [4.78, 5) is 6.39. The number of nitrogens with zero attached hydrogens (tertiary/aromatic N) is 2. The summed E-state index contributed by atoms with van der Waals surface area (Å²) in [5.41, 5.74) is 0. The molecule has 0 aromatic carbocycles. The van der Waals surface area contributed by atoms with Crippen LogP contribution in [0.1, 0.15) is 32.1 Å². The topological polar surface area (TPSA) is 59.9 Å². The summed E-state index contributed by atoms with van der Waals surface area (Å²) >= 11 is 0. The number of hydrogen-bond donors (Lipinski definition) is 3. The predicted molar refractivity (Wildman–Crippen MR) is 78.8 cm³/mol. The van der Waals surface area contributed by atoms with E-state index in [2.05, 4.69) is 20.5 Å². The molecule has 2 atom stereocenters. The Morgan fingerprint density at radius 2 is 2.00 bits per heavy atom. The van der Waals surface area contributed by atoms with Crippen LogP contribution in [0.2, 0.25) is 0 Å². The van der Waals surface area contributed by atoms with E-state index in [0.717, 1.165) is 19.5 Å². The van der Waals surface area contributed by atoms with Gasteiger partial charge in [0.25, 0.3) is 0 Å². The minimum atomic E-state index is -4.61. The highest BCUT2D eigenvalue weighted by molar-refractivity contribution is 5.80. The van der Waals surface area contributed by atoms with Gasteiger partial charge in [0, 0.05) is 32.2 Å². The summed E-state index contributed by atoms with van der Waals surface area (Å²) in [7, 11) is 1.51. The summed E-state index contributed by atoms with van der Waals surface area (Å²) in [5.74, 6) is 0.307. The van der Waals surface area contributed by atoms with Gasteiger partial charge < -0.3 is 15.7 Å². The molecule has 128 valence electrons. The van der Waals surface area contributed by atoms with Gasteiger partial charge in [0.1, 0.15) is 0 Å². The van der Waals surface area contributed by atoms with Crippen LogP contribution < -0.4 is 10.6 Å². The smallest absolute Gasteiger partial charge is 0.382 e. The molecule has 0 aromatic rings. The van der Waals surface area contributed by atoms with Crippen molar-refractivity contribution in [3.8, 4) is 0 Å². The zero-order valence-electron chi connectivity index (χ0n) is 12.9. The van der Waals surface area contributed by atoms with Gasteiger partial charge in [-0.05, 0) is 19.3 Å². The van der Waals surface area contributed by atoms with Crippen LogP contribution >= 0.6 is 0 Å². The minimum absolute atomic E-state index is 0.190. The molecule has 1 saturated heterocycles. The lowest BCUT2D eigenvalue weighted by Crippen LogP contribution is -2.49. The summed E-state index contributed by atoms with van der Waals surface area (Å²) in [6.45, 7) is 1.32. The van der Waals surface area contributed by atoms with Gasteiger partial charge in [-0.2, -0.15) is 13.2 Å². The number of aliphatic hydroxyl groups excluding tert-OH is 1. The summed E-state index contributed by atoms with van der Waals surface area (Å²) < 4.78 is 36.8. The van der Waals surface area contributed by atoms with Gasteiger partial charge in [0.2, 0.25) is 0 Å². The van der Waals surface area contributed by atoms with Crippen LogP contribution in [0, 0.1) is 0 Å². The van der Waals surface area contributed by atoms with Crippen molar-refractivity contribution in [2.24, 2.45) is 4.99 Å². The Bertz CT molecular complexity index is 383. The molecule has 0 spiro atoms. The summed E-state index contributed by atoms with van der Waals surface area (Å²) in [6, 6.07) is 0.851. The largest absolute Gasteiger partial charge is 0.416 e. The third kappa shape index (κ3) is 4.74. The molecule has 3 N–H and O–H groups in total. The Labute approximate surface area is 129 Å². The average molecular weight is 322 g/mol. The van der Waals surface area contributed by atoms with E-state index in [1.807, 2.05) is 0 Å². The Morgan fingerprint density at radius 1 is 1.32 bits per heavy atom. The van der Waals surface area contributed by atoms with Crippen molar-refractivity contribution in [2.75, 3.05) is 26.7 Å². The predicted octanol–water partition coefficient (Wildman–Crippen LogP) is 1.09. The molecule has 1 saturated carbocycles. The maximum absolute atomic E-state index is 12.3. The van der Waals surface area contributed by atoms with Gasteiger partial charge in [-0.15, -0.1) is 0 Å². The molecule has 2 rings (SSSR count). The highest BCUT2D eigenvalue weighted by Crippen LogP contribution is 2.26. The zero-order chi connectivity index (χ0) is 16.2. The second kappa shape index (κ2) is 7.50. The molecule has 2 unspecified atom stereocenters. The number of aliphatic imine (C=N–C) groups is 1. The normalized spacial score (nSPS) is 26.4. The SMILES string of the molecule is CN=C(NCC(O)C(F)(F)F)NC1CCN(C2CCCC2)C1. The number of rotatable bonds is 4. The Hall–Kier alpha value is -1.02. The lowest BCUT2D eigenvalue weighted by Gasteiger charge is -2.24. The van der Waals surface area contributed by atoms with Crippen LogP contribution in [0.15, 0.2) is 4.99 Å². The molecule has 1 aliphatic carbocycles. The minimum Gasteiger partial charge on any atom is -0.382 e. The highest BCUT2D eigenvalue weighted by Gasteiger charge is 2.38. The van der Waals surface area contributed by atoms with Gasteiger partial charge >= 0.3 is 6.18 Å². The molecule has 22 heavy (non-hydrogen) atoms. The Morgan fingerprint density at radius 3 is 2.59 bits per heavy atom. The van der Waals surface area contributed by atoms with Gasteiger partial charge in [0.15, 0.2) is 12.1 Å². The fourth-order valence-electron chi connectivity index (χ4n) is 3.20. The van der Waals surface area contributed by atoms with E-state index >= 15 is 0 Å². The first-order chi connectivity index (χ1) is 10.4. The van der Waals surface area contributed by atoms with Crippen molar-refractivity contribution in [1.82, 2.24) is 15.5 Å². The lowest BCUT2D eigenvalue weighted by atomic mass is 10.2. The summed E-state index contributed by atoms with van der Waals surface area (Å²) in [5, 5.41) is 14.7. The van der Waals surface area contributed by atoms with E-state index < -0.39 is 18.8 Å². The molecule has 0 aromatic heterocycles. The summed E-state index contributed by atoms with van der Waals surface area (Å²) in [6.07, 6.45) is -0.966. The molecule has 0 radical (unpaired) electrons. The van der Waals surface area contributed by atoms with Crippen molar-refractivity contribution >= 4 is 5.96 Å². The van der Waals surface area contributed by atoms with Crippen LogP contribution in [-0.2, 0) is 0 Å². The van der Waals surface area contributed by atoms with E-state index in [1.54, 1.807) is 0 Å². The second-order valence-electron chi connectivity index (χ2n) is 6.07. The first-order valence-corrected chi connectivity index (χ1v) is 7.86. The molecular weight excluding hydrogens is 297 g/mol. The standard InChI is InChI=1S/C14H25F3N4O/c1-18-13(19-8-12(22)14(15,16)17)20-10-6-7-21(9-10)11-4-2-3-5-11/h10-12,22H,2-9H2,1H3,(H2,18,19,20). The van der Waals surface area contributed by atoms with Gasteiger partial charge in [-0.25, -0.2) is 0 Å². The Balaban J connectivity index is 1.74. The van der Waals surface area contributed by atoms with E-state index in [1.165, 1.54) is 32.7 Å². The number of nitrogens with one attached hydrogen (secondary N) is 2. The number of hydrogen-bond acceptors (Lipinski definition) is 3. The van der Waals surface area contributed by atoms with Crippen LogP contribution in [-0.4, -0.2) is 67.0 Å². The number of aliphatic hydroxyl groups is 1. The number of alkyl halides is 3. The quantitative estimate of drug-likeness (QED) is 0.536. The fourth-order valence-corrected chi connectivity index (χ4v) is 3.20. The first kappa shape index (κ1) is 17.3. The fraction of sp³-hybridized carbons (Fsp3) is 0.929. The highest BCUT2D eigenvalue weighted by atomic mass is 19.4. The molecule has 1 heterocycles. The molecule has 1 aliphatic heterocycles. The Kier molecular flexibility index (Phi) is 5.91. The monoisotopic (exact) mass is 322 g/mol. The second-order valence-corrected chi connectivity index (χ2v) is 6.07. The van der Waals surface area contributed by atoms with Crippen molar-refractivity contribution in [2.45, 2.75) is 56.5 Å². The third-order valence-electron chi connectivity index (χ3n) is 4.47. The van der Waals surface area contributed by atoms with Gasteiger partial charge in [-0.3, -0.25) is 9.89 Å². The van der Waals surface area contributed by atoms with E-state index in [4.69, 9.17) is 5.11 Å². The number of halogens is 3. The van der Waals surface area contributed by atoms with Crippen molar-refractivity contribution < 1.29 is 18.3 Å². The van der Waals surface area contributed by atoms with Crippen molar-refractivity contribution in [3.63, 3.8) is 0 Å². The maximum atomic E-state index is 12.3. The molecule has 2 aliphatic rings. The van der Waals surface area contributed by atoms with E-state index in [9.17, 15) is 13.2 Å². The molecular formula is C14H25F3N4O. The van der Waals surface area contributed by atoms with E-state index in [0.29, 0.717) is 12.0 Å². The lowest BCUT2D eigenvalue weighted by molar-refractivity contribution is -0.201. The van der Waals surface area contributed by atoms with Crippen LogP contribution in [0.5, 0.6) is 0 Å². The van der Waals surface area contributed by atoms with Crippen LogP contribution in [0.4, 0.5) is 13.2 Å². The number of likely N-dealkylation sites (tertiary alicyclic amines) is 1. The average Bonchev–Trinajstić information content (AvgIpc) is 3.12. The van der Waals surface area contributed by atoms with Crippen LogP contribution in [0.25, 0.3) is 0 Å². The molecule has 5 nitrogen and oxygen atoms in total. The zero-order valence-corrected chi connectivity index (χ0v) is 12.9. The van der Waals surface area contributed by atoms with Crippen molar-refractivity contribution in [1.29, 1.82) is 0 Å². The molecule has 8 heteroatoms. The van der Waals surface area contributed by atoms with E-state index in [-0.39, 0.29) is 6.04 Å². The maximum Gasteiger partial charge on any atom is 0.416 e. The molecule has 0 bridgehead atoms. The van der Waals surface area contributed by atoms with Gasteiger partial charge in [-0.1, -0.05) is 12.8 Å². The van der Waals surface area contributed by atoms with Gasteiger partial charge in [0.05, 0.1) is 6.54 Å². The van der Waals surface area contributed by atoms with Crippen molar-refractivity contribution in [3.05, 3.63) is 0 Å². The van der Waals surface area contributed by atoms with Crippen LogP contribution in [0.3, 0.4) is 0 Å².